The molecule has 1 aliphatic carbocycles. The molecule has 9 aromatic carbocycles. The Morgan fingerprint density at radius 2 is 1.02 bits per heavy atom. The second kappa shape index (κ2) is 13.8. The summed E-state index contributed by atoms with van der Waals surface area (Å²) in [7, 11) is 0. The van der Waals surface area contributed by atoms with E-state index < -0.39 is 0 Å². The van der Waals surface area contributed by atoms with Crippen LogP contribution in [0.5, 0.6) is 0 Å². The average Bonchev–Trinajstić information content (AvgIpc) is 3.86. The zero-order valence-electron chi connectivity index (χ0n) is 33.9. The Morgan fingerprint density at radius 1 is 0.403 bits per heavy atom. The molecule has 290 valence electrons. The summed E-state index contributed by atoms with van der Waals surface area (Å²) in [5.74, 6) is 1.11. The molecule has 0 saturated heterocycles. The second-order valence-electron chi connectivity index (χ2n) is 16.7. The molecule has 2 aromatic heterocycles. The van der Waals surface area contributed by atoms with E-state index in [0.717, 1.165) is 33.7 Å². The van der Waals surface area contributed by atoms with Crippen LogP contribution in [0.4, 0.5) is 11.4 Å². The monoisotopic (exact) mass is 789 g/mol. The lowest BCUT2D eigenvalue weighted by molar-refractivity contribution is 0.747. The summed E-state index contributed by atoms with van der Waals surface area (Å²) in [6, 6.07) is 75.2. The normalized spacial score (nSPS) is 15.7. The molecule has 0 radical (unpaired) electrons. The fourth-order valence-electron chi connectivity index (χ4n) is 10.5. The van der Waals surface area contributed by atoms with E-state index in [1.807, 2.05) is 0 Å². The van der Waals surface area contributed by atoms with Crippen LogP contribution in [0.1, 0.15) is 17.0 Å². The number of hydrogen-bond acceptors (Lipinski definition) is 2. The van der Waals surface area contributed by atoms with Gasteiger partial charge in [0.15, 0.2) is 0 Å². The van der Waals surface area contributed by atoms with Crippen molar-refractivity contribution >= 4 is 71.1 Å². The van der Waals surface area contributed by atoms with Gasteiger partial charge in [0.2, 0.25) is 0 Å². The molecule has 13 rings (SSSR count). The first-order valence-electron chi connectivity index (χ1n) is 21.5. The van der Waals surface area contributed by atoms with E-state index in [4.69, 9.17) is 4.98 Å². The number of hydrogen-bond donors (Lipinski definition) is 0. The number of para-hydroxylation sites is 2. The Labute approximate surface area is 359 Å². The van der Waals surface area contributed by atoms with Crippen LogP contribution in [0.3, 0.4) is 0 Å². The van der Waals surface area contributed by atoms with Crippen molar-refractivity contribution in [1.82, 2.24) is 9.55 Å². The zero-order valence-corrected chi connectivity index (χ0v) is 33.9. The predicted octanol–water partition coefficient (Wildman–Crippen LogP) is 15.2. The fourth-order valence-corrected chi connectivity index (χ4v) is 10.5. The van der Waals surface area contributed by atoms with Crippen LogP contribution >= 0.6 is 0 Å². The molecule has 0 amide bonds. The maximum Gasteiger partial charge on any atom is 0.138 e. The molecule has 0 bridgehead atoms. The van der Waals surface area contributed by atoms with Gasteiger partial charge in [-0.15, -0.1) is 0 Å². The molecule has 0 saturated carbocycles. The lowest BCUT2D eigenvalue weighted by atomic mass is 9.86. The van der Waals surface area contributed by atoms with Gasteiger partial charge in [0.1, 0.15) is 5.82 Å². The Hall–Kier alpha value is -8.01. The summed E-state index contributed by atoms with van der Waals surface area (Å²) in [4.78, 5) is 7.91. The number of rotatable bonds is 5. The van der Waals surface area contributed by atoms with Crippen molar-refractivity contribution in [3.05, 3.63) is 236 Å². The first-order valence-corrected chi connectivity index (χ1v) is 21.5. The first kappa shape index (κ1) is 34.8. The standard InChI is InChI=1S/C59H39N3/c1-3-15-38(16-4-1)42-35-54(39-17-5-2-6-18-39)60-59(36-42)62-56-26-14-12-24-50(56)53-34-41(28-32-58(53)62)40-27-31-57-52(33-40)49-23-11-13-25-55(49)61(57)43-29-30-48-46-21-8-7-19-44(46)45-20-9-10-22-47(45)51(48)37-43/h1-37,52,57H. The van der Waals surface area contributed by atoms with Gasteiger partial charge in [-0.2, -0.15) is 0 Å². The molecule has 0 fully saturated rings. The summed E-state index contributed by atoms with van der Waals surface area (Å²) in [6.07, 6.45) is 7.28. The number of aromatic nitrogens is 2. The van der Waals surface area contributed by atoms with Gasteiger partial charge < -0.3 is 4.90 Å². The third kappa shape index (κ3) is 5.35. The van der Waals surface area contributed by atoms with E-state index in [9.17, 15) is 0 Å². The minimum atomic E-state index is 0.160. The minimum Gasteiger partial charge on any atom is -0.333 e. The van der Waals surface area contributed by atoms with Gasteiger partial charge in [-0.3, -0.25) is 4.57 Å². The Morgan fingerprint density at radius 3 is 1.77 bits per heavy atom. The maximum atomic E-state index is 5.35. The van der Waals surface area contributed by atoms with Crippen molar-refractivity contribution in [1.29, 1.82) is 0 Å². The van der Waals surface area contributed by atoms with Crippen LogP contribution in [0.2, 0.25) is 0 Å². The molecule has 2 aliphatic rings. The van der Waals surface area contributed by atoms with Crippen LogP contribution in [0.15, 0.2) is 224 Å². The third-order valence-corrected chi connectivity index (χ3v) is 13.3. The van der Waals surface area contributed by atoms with Crippen LogP contribution in [0.25, 0.3) is 87.9 Å². The van der Waals surface area contributed by atoms with Crippen molar-refractivity contribution in [3.8, 4) is 28.2 Å². The second-order valence-corrected chi connectivity index (χ2v) is 16.7. The van der Waals surface area contributed by atoms with Gasteiger partial charge >= 0.3 is 0 Å². The Balaban J connectivity index is 0.922. The number of allylic oxidation sites excluding steroid dienone is 2. The lowest BCUT2D eigenvalue weighted by Gasteiger charge is -2.30. The summed E-state index contributed by atoms with van der Waals surface area (Å²) in [5.41, 5.74) is 12.9. The van der Waals surface area contributed by atoms with Crippen molar-refractivity contribution in [2.45, 2.75) is 12.0 Å². The lowest BCUT2D eigenvalue weighted by Crippen LogP contribution is -2.28. The number of anilines is 2. The van der Waals surface area contributed by atoms with E-state index in [2.05, 4.69) is 234 Å². The molecule has 0 spiro atoms. The number of fused-ring (bicyclic) bond motifs is 12. The van der Waals surface area contributed by atoms with Crippen molar-refractivity contribution in [2.24, 2.45) is 0 Å². The van der Waals surface area contributed by atoms with E-state index >= 15 is 0 Å². The van der Waals surface area contributed by atoms with E-state index in [0.29, 0.717) is 0 Å². The molecule has 0 N–H and O–H groups in total. The zero-order chi connectivity index (χ0) is 40.7. The van der Waals surface area contributed by atoms with E-state index in [1.165, 1.54) is 76.7 Å². The van der Waals surface area contributed by atoms with Crippen LogP contribution in [0, 0.1) is 0 Å². The Bertz CT molecular complexity index is 3560. The van der Waals surface area contributed by atoms with Gasteiger partial charge in [0, 0.05) is 33.6 Å². The quantitative estimate of drug-likeness (QED) is 0.162. The molecular weight excluding hydrogens is 751 g/mol. The molecule has 2 unspecified atom stereocenters. The minimum absolute atomic E-state index is 0.160. The fraction of sp³-hybridized carbons (Fsp3) is 0.0339. The Kier molecular flexibility index (Phi) is 7.73. The molecule has 11 aromatic rings. The number of nitrogens with zero attached hydrogens (tertiary/aromatic N) is 3. The number of pyridine rings is 1. The molecule has 2 atom stereocenters. The highest BCUT2D eigenvalue weighted by Crippen LogP contribution is 2.50. The van der Waals surface area contributed by atoms with E-state index in [1.54, 1.807) is 0 Å². The smallest absolute Gasteiger partial charge is 0.138 e. The van der Waals surface area contributed by atoms with Gasteiger partial charge in [0.25, 0.3) is 0 Å². The number of benzene rings is 9. The topological polar surface area (TPSA) is 21.1 Å². The molecule has 3 heteroatoms. The van der Waals surface area contributed by atoms with Crippen LogP contribution < -0.4 is 4.90 Å². The van der Waals surface area contributed by atoms with Gasteiger partial charge in [-0.25, -0.2) is 4.98 Å². The van der Waals surface area contributed by atoms with Crippen LogP contribution in [-0.2, 0) is 0 Å². The molecule has 62 heavy (non-hydrogen) atoms. The van der Waals surface area contributed by atoms with Crippen molar-refractivity contribution < 1.29 is 0 Å². The highest BCUT2D eigenvalue weighted by molar-refractivity contribution is 6.25. The molecular formula is C59H39N3. The molecule has 3 nitrogen and oxygen atoms in total. The van der Waals surface area contributed by atoms with Crippen LogP contribution in [-0.4, -0.2) is 15.6 Å². The van der Waals surface area contributed by atoms with Crippen molar-refractivity contribution in [3.63, 3.8) is 0 Å². The average molecular weight is 790 g/mol. The van der Waals surface area contributed by atoms with Gasteiger partial charge in [-0.05, 0) is 109 Å². The van der Waals surface area contributed by atoms with E-state index in [-0.39, 0.29) is 12.0 Å². The SMILES string of the molecule is C1=CC2C(C=C1c1ccc3c(c1)c1ccccc1n3-c1cc(-c3ccccc3)cc(-c3ccccc3)n1)c1ccccc1N2c1ccc2c3ccccc3c3ccccc3c2c1. The highest BCUT2D eigenvalue weighted by atomic mass is 15.2. The van der Waals surface area contributed by atoms with Gasteiger partial charge in [0.05, 0.1) is 22.8 Å². The maximum absolute atomic E-state index is 5.35. The summed E-state index contributed by atoms with van der Waals surface area (Å²) in [6.45, 7) is 0. The summed E-state index contributed by atoms with van der Waals surface area (Å²) in [5, 5.41) is 10.2. The largest absolute Gasteiger partial charge is 0.333 e. The molecule has 1 aliphatic heterocycles. The van der Waals surface area contributed by atoms with Gasteiger partial charge in [-0.1, -0.05) is 176 Å². The molecule has 3 heterocycles. The summed E-state index contributed by atoms with van der Waals surface area (Å²) < 4.78 is 2.34. The van der Waals surface area contributed by atoms with Crippen molar-refractivity contribution in [2.75, 3.05) is 4.90 Å². The first-order chi connectivity index (χ1) is 30.7. The predicted molar refractivity (Wildman–Crippen MR) is 261 cm³/mol. The summed E-state index contributed by atoms with van der Waals surface area (Å²) >= 11 is 0. The third-order valence-electron chi connectivity index (χ3n) is 13.3. The highest BCUT2D eigenvalue weighted by Gasteiger charge is 2.38.